The Balaban J connectivity index is 1.22. The summed E-state index contributed by atoms with van der Waals surface area (Å²) in [6.07, 6.45) is 5.24. The Hall–Kier alpha value is -4.02. The van der Waals surface area contributed by atoms with Gasteiger partial charge >= 0.3 is 11.9 Å². The highest BCUT2D eigenvalue weighted by atomic mass is 16.5. The van der Waals surface area contributed by atoms with Crippen molar-refractivity contribution < 1.29 is 23.5 Å². The molecule has 10 nitrogen and oxygen atoms in total. The van der Waals surface area contributed by atoms with Gasteiger partial charge in [-0.3, -0.25) is 4.90 Å². The van der Waals surface area contributed by atoms with Gasteiger partial charge in [0.2, 0.25) is 0 Å². The molecule has 270 valence electrons. The fourth-order valence-corrected chi connectivity index (χ4v) is 7.73. The number of hydrogen-bond acceptors (Lipinski definition) is 9. The second kappa shape index (κ2) is 16.8. The topological polar surface area (TPSA) is 88.1 Å². The summed E-state index contributed by atoms with van der Waals surface area (Å²) in [7, 11) is 0. The highest BCUT2D eigenvalue weighted by molar-refractivity contribution is 5.95. The summed E-state index contributed by atoms with van der Waals surface area (Å²) >= 11 is 0. The molecule has 2 fully saturated rings. The quantitative estimate of drug-likeness (QED) is 0.134. The van der Waals surface area contributed by atoms with Gasteiger partial charge in [-0.15, -0.1) is 0 Å². The van der Waals surface area contributed by atoms with E-state index >= 15 is 0 Å². The summed E-state index contributed by atoms with van der Waals surface area (Å²) in [6, 6.07) is 17.3. The second-order valence-electron chi connectivity index (χ2n) is 14.3. The highest BCUT2D eigenvalue weighted by Crippen LogP contribution is 2.31. The number of hydrogen-bond donors (Lipinski definition) is 0. The van der Waals surface area contributed by atoms with Crippen LogP contribution in [0.2, 0.25) is 0 Å². The molecule has 0 aliphatic carbocycles. The third kappa shape index (κ3) is 8.64. The van der Waals surface area contributed by atoms with Crippen molar-refractivity contribution in [1.82, 2.24) is 14.9 Å². The maximum Gasteiger partial charge on any atom is 0.342 e. The maximum atomic E-state index is 12.9. The molecule has 1 aromatic carbocycles. The lowest BCUT2D eigenvalue weighted by Gasteiger charge is -2.42. The van der Waals surface area contributed by atoms with Crippen molar-refractivity contribution in [3.8, 4) is 0 Å². The Morgan fingerprint density at radius 2 is 1.30 bits per heavy atom. The molecule has 0 saturated carbocycles. The number of carbonyl (C=O) groups excluding carboxylic acids is 2. The lowest BCUT2D eigenvalue weighted by molar-refractivity contribution is -0.958. The number of benzene rings is 1. The number of esters is 2. The number of aromatic nitrogens is 2. The van der Waals surface area contributed by atoms with Crippen molar-refractivity contribution in [1.29, 1.82) is 0 Å². The van der Waals surface area contributed by atoms with Crippen LogP contribution < -0.4 is 9.80 Å². The van der Waals surface area contributed by atoms with Gasteiger partial charge < -0.3 is 23.8 Å². The number of anilines is 2. The Morgan fingerprint density at radius 1 is 0.780 bits per heavy atom. The van der Waals surface area contributed by atoms with E-state index in [2.05, 4.69) is 69.7 Å². The van der Waals surface area contributed by atoms with Crippen LogP contribution in [0, 0.1) is 0 Å². The lowest BCUT2D eigenvalue weighted by atomic mass is 10.1. The summed E-state index contributed by atoms with van der Waals surface area (Å²) in [5.74, 6) is 0.824. The van der Waals surface area contributed by atoms with E-state index in [0.717, 1.165) is 82.0 Å². The fraction of sp³-hybridized carbons (Fsp3) is 0.550. The van der Waals surface area contributed by atoms with Crippen molar-refractivity contribution in [3.05, 3.63) is 83.2 Å². The number of pyridine rings is 2. The Kier molecular flexibility index (Phi) is 12.5. The first-order valence-electron chi connectivity index (χ1n) is 18.6. The van der Waals surface area contributed by atoms with Gasteiger partial charge in [-0.05, 0) is 84.3 Å². The van der Waals surface area contributed by atoms with Crippen LogP contribution in [0.25, 0.3) is 0 Å². The first kappa shape index (κ1) is 37.2. The second-order valence-corrected chi connectivity index (χ2v) is 14.3. The molecule has 3 aromatic rings. The number of nitrogens with zero attached hydrogens (tertiary/aromatic N) is 6. The molecule has 0 radical (unpaired) electrons. The first-order chi connectivity index (χ1) is 24.1. The summed E-state index contributed by atoms with van der Waals surface area (Å²) < 4.78 is 12.0. The molecule has 2 aliphatic heterocycles. The molecule has 2 aliphatic rings. The predicted octanol–water partition coefficient (Wildman–Crippen LogP) is 6.34. The third-order valence-electron chi connectivity index (χ3n) is 10.5. The monoisotopic (exact) mass is 685 g/mol. The van der Waals surface area contributed by atoms with E-state index in [9.17, 15) is 9.59 Å². The van der Waals surface area contributed by atoms with Crippen molar-refractivity contribution in [2.75, 3.05) is 55.6 Å². The minimum atomic E-state index is -0.316. The van der Waals surface area contributed by atoms with E-state index < -0.39 is 0 Å². The molecule has 5 rings (SSSR count). The van der Waals surface area contributed by atoms with E-state index in [4.69, 9.17) is 9.47 Å². The highest BCUT2D eigenvalue weighted by Gasteiger charge is 2.40. The Labute approximate surface area is 299 Å². The maximum absolute atomic E-state index is 12.9. The molecule has 50 heavy (non-hydrogen) atoms. The standard InChI is InChI=1S/C40H57N6O4/c1-8-43(33-19-23-44(26-33)37-35(13-11-21-41-37)39(47)49-29(4)5)25-31-15-17-32(18-16-31)28-46(9-2,10-3)34-20-24-45(27-34)38-36(14-12-22-42-38)40(48)50-30(6)7/h11-18,21-22,29-30,33-34H,8-10,19-20,23-28H2,1-7H3/q+1. The van der Waals surface area contributed by atoms with E-state index in [1.54, 1.807) is 18.5 Å². The SMILES string of the molecule is CCN(Cc1ccc(C[N+](CC)(CC)C2CCN(c3ncccc3C(=O)OC(C)C)C2)cc1)C1CCN(c2ncccc2C(=O)OC(C)C)C1. The van der Waals surface area contributed by atoms with Crippen LogP contribution in [-0.2, 0) is 22.6 Å². The van der Waals surface area contributed by atoms with Gasteiger partial charge in [-0.2, -0.15) is 0 Å². The molecule has 0 amide bonds. The van der Waals surface area contributed by atoms with E-state index in [0.29, 0.717) is 29.0 Å². The van der Waals surface area contributed by atoms with Crippen LogP contribution >= 0.6 is 0 Å². The van der Waals surface area contributed by atoms with Crippen LogP contribution in [0.15, 0.2) is 60.9 Å². The van der Waals surface area contributed by atoms with Crippen LogP contribution in [-0.4, -0.2) is 101 Å². The Bertz CT molecular complexity index is 1570. The van der Waals surface area contributed by atoms with Crippen LogP contribution in [0.1, 0.15) is 93.2 Å². The normalized spacial score (nSPS) is 18.0. The molecule has 0 spiro atoms. The Morgan fingerprint density at radius 3 is 1.82 bits per heavy atom. The zero-order chi connectivity index (χ0) is 35.8. The van der Waals surface area contributed by atoms with Gasteiger partial charge in [0, 0.05) is 56.6 Å². The average molecular weight is 686 g/mol. The molecule has 2 saturated heterocycles. The molecule has 0 N–H and O–H groups in total. The van der Waals surface area contributed by atoms with Gasteiger partial charge in [0.25, 0.3) is 0 Å². The number of ether oxygens (including phenoxy) is 2. The number of rotatable bonds is 15. The van der Waals surface area contributed by atoms with E-state index in [1.165, 1.54) is 11.1 Å². The van der Waals surface area contributed by atoms with Gasteiger partial charge in [0.15, 0.2) is 0 Å². The molecule has 2 unspecified atom stereocenters. The molecule has 10 heteroatoms. The summed E-state index contributed by atoms with van der Waals surface area (Å²) in [4.78, 5) is 41.9. The molecule has 2 aromatic heterocycles. The van der Waals surface area contributed by atoms with Gasteiger partial charge in [-0.1, -0.05) is 31.2 Å². The van der Waals surface area contributed by atoms with Gasteiger partial charge in [0.05, 0.1) is 31.8 Å². The van der Waals surface area contributed by atoms with Crippen LogP contribution in [0.4, 0.5) is 11.6 Å². The van der Waals surface area contributed by atoms with Crippen molar-refractivity contribution >= 4 is 23.6 Å². The minimum absolute atomic E-state index is 0.176. The summed E-state index contributed by atoms with van der Waals surface area (Å²) in [5.41, 5.74) is 3.73. The summed E-state index contributed by atoms with van der Waals surface area (Å²) in [5, 5.41) is 0. The van der Waals surface area contributed by atoms with Crippen LogP contribution in [0.3, 0.4) is 0 Å². The smallest absolute Gasteiger partial charge is 0.342 e. The van der Waals surface area contributed by atoms with Crippen LogP contribution in [0.5, 0.6) is 0 Å². The molecule has 2 atom stereocenters. The average Bonchev–Trinajstić information content (AvgIpc) is 3.81. The third-order valence-corrected chi connectivity index (χ3v) is 10.5. The number of likely N-dealkylation sites (N-methyl/N-ethyl adjacent to an activating group) is 2. The lowest BCUT2D eigenvalue weighted by Crippen LogP contribution is -2.55. The predicted molar refractivity (Wildman–Crippen MR) is 198 cm³/mol. The number of carbonyl (C=O) groups is 2. The first-order valence-corrected chi connectivity index (χ1v) is 18.6. The largest absolute Gasteiger partial charge is 0.459 e. The molecular formula is C40H57N6O4+. The van der Waals surface area contributed by atoms with Crippen molar-refractivity contribution in [2.45, 2.75) is 98.7 Å². The van der Waals surface area contributed by atoms with E-state index in [1.807, 2.05) is 45.9 Å². The van der Waals surface area contributed by atoms with Gasteiger partial charge in [0.1, 0.15) is 35.3 Å². The molecular weight excluding hydrogens is 628 g/mol. The van der Waals surface area contributed by atoms with E-state index in [-0.39, 0.29) is 24.1 Å². The molecule has 0 bridgehead atoms. The summed E-state index contributed by atoms with van der Waals surface area (Å²) in [6.45, 7) is 22.6. The minimum Gasteiger partial charge on any atom is -0.459 e. The number of quaternary nitrogens is 1. The van der Waals surface area contributed by atoms with Crippen molar-refractivity contribution in [2.24, 2.45) is 0 Å². The molecule has 4 heterocycles. The van der Waals surface area contributed by atoms with Gasteiger partial charge in [-0.25, -0.2) is 19.6 Å². The zero-order valence-corrected chi connectivity index (χ0v) is 31.2. The zero-order valence-electron chi connectivity index (χ0n) is 31.2. The van der Waals surface area contributed by atoms with Crippen molar-refractivity contribution in [3.63, 3.8) is 0 Å². The fourth-order valence-electron chi connectivity index (χ4n) is 7.73.